The van der Waals surface area contributed by atoms with Gasteiger partial charge in [-0.2, -0.15) is 5.10 Å². The van der Waals surface area contributed by atoms with Crippen LogP contribution >= 0.6 is 22.6 Å². The number of benzene rings is 1. The normalized spacial score (nSPS) is 10.3. The zero-order valence-corrected chi connectivity index (χ0v) is 10.6. The van der Waals surface area contributed by atoms with E-state index in [0.29, 0.717) is 0 Å². The Morgan fingerprint density at radius 3 is 3.00 bits per heavy atom. The van der Waals surface area contributed by atoms with Gasteiger partial charge < -0.3 is 5.32 Å². The van der Waals surface area contributed by atoms with E-state index in [0.717, 1.165) is 12.2 Å². The van der Waals surface area contributed by atoms with Crippen molar-refractivity contribution in [3.63, 3.8) is 0 Å². The second kappa shape index (κ2) is 4.65. The third-order valence-corrected chi connectivity index (χ3v) is 3.46. The molecule has 1 aromatic heterocycles. The molecule has 0 atom stereocenters. The van der Waals surface area contributed by atoms with Crippen molar-refractivity contribution in [3.8, 4) is 0 Å². The zero-order chi connectivity index (χ0) is 10.7. The van der Waals surface area contributed by atoms with Gasteiger partial charge in [0.15, 0.2) is 0 Å². The first-order chi connectivity index (χ1) is 7.27. The van der Waals surface area contributed by atoms with Gasteiger partial charge in [0.1, 0.15) is 0 Å². The highest BCUT2D eigenvalue weighted by molar-refractivity contribution is 14.1. The standard InChI is InChI=1S/C11H12IN3/c1-8-10(12)3-2-4-11(8)13-7-9-5-6-14-15-9/h2-6,13H,7H2,1H3,(H,14,15). The number of halogens is 1. The minimum absolute atomic E-state index is 0.779. The highest BCUT2D eigenvalue weighted by Gasteiger charge is 2.01. The Balaban J connectivity index is 2.08. The summed E-state index contributed by atoms with van der Waals surface area (Å²) in [5, 5.41) is 10.2. The molecule has 0 radical (unpaired) electrons. The van der Waals surface area contributed by atoms with E-state index >= 15 is 0 Å². The van der Waals surface area contributed by atoms with Crippen molar-refractivity contribution in [2.45, 2.75) is 13.5 Å². The fourth-order valence-corrected chi connectivity index (χ4v) is 1.87. The molecule has 15 heavy (non-hydrogen) atoms. The van der Waals surface area contributed by atoms with Crippen molar-refractivity contribution >= 4 is 28.3 Å². The first-order valence-electron chi connectivity index (χ1n) is 4.74. The van der Waals surface area contributed by atoms with Crippen LogP contribution in [0.3, 0.4) is 0 Å². The van der Waals surface area contributed by atoms with Crippen LogP contribution in [-0.4, -0.2) is 10.2 Å². The minimum atomic E-state index is 0.779. The molecule has 78 valence electrons. The number of H-pyrrole nitrogens is 1. The maximum atomic E-state index is 3.91. The van der Waals surface area contributed by atoms with Crippen LogP contribution in [0.25, 0.3) is 0 Å². The average molecular weight is 313 g/mol. The van der Waals surface area contributed by atoms with Crippen LogP contribution in [0, 0.1) is 10.5 Å². The molecule has 0 saturated carbocycles. The van der Waals surface area contributed by atoms with Crippen molar-refractivity contribution < 1.29 is 0 Å². The van der Waals surface area contributed by atoms with E-state index in [1.54, 1.807) is 6.20 Å². The number of aromatic amines is 1. The molecule has 2 aromatic rings. The van der Waals surface area contributed by atoms with Crippen molar-refractivity contribution in [2.24, 2.45) is 0 Å². The molecule has 1 aromatic carbocycles. The number of hydrogen-bond acceptors (Lipinski definition) is 2. The van der Waals surface area contributed by atoms with E-state index in [2.05, 4.69) is 63.2 Å². The fourth-order valence-electron chi connectivity index (χ4n) is 1.37. The van der Waals surface area contributed by atoms with Gasteiger partial charge in [0.05, 0.1) is 12.2 Å². The SMILES string of the molecule is Cc1c(I)cccc1NCc1ccn[nH]1. The first kappa shape index (κ1) is 10.5. The molecule has 0 saturated heterocycles. The lowest BCUT2D eigenvalue weighted by atomic mass is 10.2. The Morgan fingerprint density at radius 1 is 1.40 bits per heavy atom. The largest absolute Gasteiger partial charge is 0.379 e. The lowest BCUT2D eigenvalue weighted by Crippen LogP contribution is -2.02. The number of rotatable bonds is 3. The molecule has 0 bridgehead atoms. The average Bonchev–Trinajstić information content (AvgIpc) is 2.73. The monoisotopic (exact) mass is 313 g/mol. The summed E-state index contributed by atoms with van der Waals surface area (Å²) in [6, 6.07) is 8.23. The Bertz CT molecular complexity index is 437. The van der Waals surface area contributed by atoms with Gasteiger partial charge in [0, 0.05) is 15.5 Å². The maximum absolute atomic E-state index is 3.91. The van der Waals surface area contributed by atoms with Crippen LogP contribution in [0.4, 0.5) is 5.69 Å². The Morgan fingerprint density at radius 2 is 2.27 bits per heavy atom. The molecular formula is C11H12IN3. The lowest BCUT2D eigenvalue weighted by Gasteiger charge is -2.09. The van der Waals surface area contributed by atoms with Gasteiger partial charge in [0.25, 0.3) is 0 Å². The number of hydrogen-bond donors (Lipinski definition) is 2. The number of nitrogens with one attached hydrogen (secondary N) is 2. The summed E-state index contributed by atoms with van der Waals surface area (Å²) in [6.45, 7) is 2.90. The summed E-state index contributed by atoms with van der Waals surface area (Å²) < 4.78 is 1.28. The van der Waals surface area contributed by atoms with Crippen LogP contribution in [0.2, 0.25) is 0 Å². The summed E-state index contributed by atoms with van der Waals surface area (Å²) >= 11 is 2.34. The van der Waals surface area contributed by atoms with Crippen molar-refractivity contribution in [1.29, 1.82) is 0 Å². The molecule has 3 nitrogen and oxygen atoms in total. The van der Waals surface area contributed by atoms with Crippen LogP contribution in [0.5, 0.6) is 0 Å². The molecule has 2 N–H and O–H groups in total. The summed E-state index contributed by atoms with van der Waals surface area (Å²) in [5.74, 6) is 0. The molecule has 0 unspecified atom stereocenters. The molecule has 0 aliphatic rings. The van der Waals surface area contributed by atoms with Gasteiger partial charge in [-0.3, -0.25) is 5.10 Å². The predicted octanol–water partition coefficient (Wildman–Crippen LogP) is 2.93. The van der Waals surface area contributed by atoms with E-state index in [1.165, 1.54) is 14.8 Å². The number of nitrogens with zero attached hydrogens (tertiary/aromatic N) is 1. The van der Waals surface area contributed by atoms with E-state index in [1.807, 2.05) is 6.07 Å². The van der Waals surface area contributed by atoms with Crippen molar-refractivity contribution in [1.82, 2.24) is 10.2 Å². The maximum Gasteiger partial charge on any atom is 0.0567 e. The molecule has 4 heteroatoms. The third-order valence-electron chi connectivity index (χ3n) is 2.30. The lowest BCUT2D eigenvalue weighted by molar-refractivity contribution is 0.980. The van der Waals surface area contributed by atoms with Crippen LogP contribution in [-0.2, 0) is 6.54 Å². The quantitative estimate of drug-likeness (QED) is 0.856. The molecule has 0 spiro atoms. The molecular weight excluding hydrogens is 301 g/mol. The van der Waals surface area contributed by atoms with Gasteiger partial charge in [-0.1, -0.05) is 6.07 Å². The third kappa shape index (κ3) is 2.50. The molecule has 0 amide bonds. The molecule has 0 aliphatic heterocycles. The van der Waals surface area contributed by atoms with Crippen LogP contribution < -0.4 is 5.32 Å². The highest BCUT2D eigenvalue weighted by atomic mass is 127. The molecule has 1 heterocycles. The Kier molecular flexibility index (Phi) is 3.25. The topological polar surface area (TPSA) is 40.7 Å². The summed E-state index contributed by atoms with van der Waals surface area (Å²) in [7, 11) is 0. The second-order valence-corrected chi connectivity index (χ2v) is 4.51. The van der Waals surface area contributed by atoms with Gasteiger partial charge in [0.2, 0.25) is 0 Å². The van der Waals surface area contributed by atoms with Crippen molar-refractivity contribution in [2.75, 3.05) is 5.32 Å². The second-order valence-electron chi connectivity index (χ2n) is 3.35. The summed E-state index contributed by atoms with van der Waals surface area (Å²) in [6.07, 6.45) is 1.76. The first-order valence-corrected chi connectivity index (χ1v) is 5.82. The smallest absolute Gasteiger partial charge is 0.0567 e. The number of aromatic nitrogens is 2. The molecule has 0 aliphatic carbocycles. The van der Waals surface area contributed by atoms with E-state index in [-0.39, 0.29) is 0 Å². The van der Waals surface area contributed by atoms with Crippen LogP contribution in [0.1, 0.15) is 11.3 Å². The van der Waals surface area contributed by atoms with E-state index in [4.69, 9.17) is 0 Å². The van der Waals surface area contributed by atoms with Gasteiger partial charge in [-0.25, -0.2) is 0 Å². The highest BCUT2D eigenvalue weighted by Crippen LogP contribution is 2.20. The number of anilines is 1. The van der Waals surface area contributed by atoms with E-state index in [9.17, 15) is 0 Å². The fraction of sp³-hybridized carbons (Fsp3) is 0.182. The van der Waals surface area contributed by atoms with Crippen LogP contribution in [0.15, 0.2) is 30.5 Å². The summed E-state index contributed by atoms with van der Waals surface area (Å²) in [4.78, 5) is 0. The minimum Gasteiger partial charge on any atom is -0.379 e. The van der Waals surface area contributed by atoms with Gasteiger partial charge in [-0.15, -0.1) is 0 Å². The zero-order valence-electron chi connectivity index (χ0n) is 8.42. The molecule has 2 rings (SSSR count). The van der Waals surface area contributed by atoms with Gasteiger partial charge >= 0.3 is 0 Å². The Labute approximate surface area is 102 Å². The Hall–Kier alpha value is -1.04. The van der Waals surface area contributed by atoms with E-state index < -0.39 is 0 Å². The summed E-state index contributed by atoms with van der Waals surface area (Å²) in [5.41, 5.74) is 3.56. The molecule has 0 fully saturated rings. The predicted molar refractivity (Wildman–Crippen MR) is 69.8 cm³/mol. The van der Waals surface area contributed by atoms with Gasteiger partial charge in [-0.05, 0) is 53.3 Å². The van der Waals surface area contributed by atoms with Crippen molar-refractivity contribution in [3.05, 3.63) is 45.3 Å².